The van der Waals surface area contributed by atoms with Crippen molar-refractivity contribution in [2.75, 3.05) is 32.2 Å². The van der Waals surface area contributed by atoms with Crippen molar-refractivity contribution in [2.45, 2.75) is 25.9 Å². The Labute approximate surface area is 186 Å². The van der Waals surface area contributed by atoms with Gasteiger partial charge in [0.1, 0.15) is 0 Å². The minimum absolute atomic E-state index is 0.108. The molecule has 164 valence electrons. The Balaban J connectivity index is 1.72. The van der Waals surface area contributed by atoms with Crippen LogP contribution in [0.25, 0.3) is 10.9 Å². The average molecular weight is 441 g/mol. The van der Waals surface area contributed by atoms with Gasteiger partial charge in [0.15, 0.2) is 4.77 Å². The molecule has 3 aromatic rings. The van der Waals surface area contributed by atoms with Crippen molar-refractivity contribution in [3.8, 4) is 0 Å². The largest absolute Gasteiger partial charge is 0.385 e. The maximum Gasteiger partial charge on any atom is 0.262 e. The molecule has 2 aromatic carbocycles. The Morgan fingerprint density at radius 2 is 2.00 bits per heavy atom. The topological polar surface area (TPSA) is 79.4 Å². The molecule has 7 nitrogen and oxygen atoms in total. The van der Waals surface area contributed by atoms with Gasteiger partial charge in [-0.3, -0.25) is 14.2 Å². The molecular weight excluding hydrogens is 412 g/mol. The number of fused-ring (bicyclic) bond motifs is 1. The number of rotatable bonds is 9. The number of aromatic amines is 1. The molecule has 0 aliphatic rings. The van der Waals surface area contributed by atoms with E-state index in [-0.39, 0.29) is 17.5 Å². The third-order valence-electron chi connectivity index (χ3n) is 5.36. The maximum absolute atomic E-state index is 12.8. The number of likely N-dealkylation sites (N-methyl/N-ethyl adjacent to an activating group) is 1. The van der Waals surface area contributed by atoms with Gasteiger partial charge in [-0.25, -0.2) is 0 Å². The van der Waals surface area contributed by atoms with E-state index in [0.717, 1.165) is 5.69 Å². The van der Waals surface area contributed by atoms with Crippen LogP contribution in [-0.4, -0.2) is 48.8 Å². The van der Waals surface area contributed by atoms with E-state index >= 15 is 0 Å². The number of methoxy groups -OCH3 is 1. The van der Waals surface area contributed by atoms with Crippen LogP contribution >= 0.6 is 12.2 Å². The minimum Gasteiger partial charge on any atom is -0.385 e. The maximum atomic E-state index is 12.8. The second kappa shape index (κ2) is 10.4. The Hall–Kier alpha value is -2.97. The van der Waals surface area contributed by atoms with Gasteiger partial charge in [0.05, 0.1) is 10.9 Å². The fourth-order valence-electron chi connectivity index (χ4n) is 3.36. The Morgan fingerprint density at radius 1 is 1.26 bits per heavy atom. The van der Waals surface area contributed by atoms with Crippen LogP contribution in [0.1, 0.15) is 23.7 Å². The zero-order valence-electron chi connectivity index (χ0n) is 18.1. The van der Waals surface area contributed by atoms with Crippen LogP contribution in [0.3, 0.4) is 0 Å². The number of nitrogens with one attached hydrogen (secondary N) is 2. The highest BCUT2D eigenvalue weighted by Gasteiger charge is 2.14. The monoisotopic (exact) mass is 440 g/mol. The lowest BCUT2D eigenvalue weighted by Crippen LogP contribution is -2.40. The van der Waals surface area contributed by atoms with Crippen molar-refractivity contribution in [1.29, 1.82) is 0 Å². The molecule has 2 N–H and O–H groups in total. The van der Waals surface area contributed by atoms with Gasteiger partial charge in [0, 0.05) is 51.1 Å². The van der Waals surface area contributed by atoms with Gasteiger partial charge in [-0.2, -0.15) is 0 Å². The molecule has 8 heteroatoms. The summed E-state index contributed by atoms with van der Waals surface area (Å²) in [5, 5.41) is 3.47. The number of para-hydroxylation sites is 1. The number of carbonyl (C=O) groups excluding carboxylic acids is 1. The second-order valence-electron chi connectivity index (χ2n) is 7.50. The van der Waals surface area contributed by atoms with E-state index in [1.165, 1.54) is 4.57 Å². The van der Waals surface area contributed by atoms with Crippen molar-refractivity contribution in [3.05, 3.63) is 69.2 Å². The molecule has 31 heavy (non-hydrogen) atoms. The summed E-state index contributed by atoms with van der Waals surface area (Å²) in [6.45, 7) is 3.57. The van der Waals surface area contributed by atoms with Crippen LogP contribution in [0, 0.1) is 4.77 Å². The molecule has 0 radical (unpaired) electrons. The molecule has 0 bridgehead atoms. The number of benzene rings is 2. The van der Waals surface area contributed by atoms with Crippen molar-refractivity contribution >= 4 is 34.7 Å². The third-order valence-corrected chi connectivity index (χ3v) is 5.68. The lowest BCUT2D eigenvalue weighted by molar-refractivity contribution is 0.0951. The molecule has 0 aliphatic carbocycles. The summed E-state index contributed by atoms with van der Waals surface area (Å²) in [5.74, 6) is -0.196. The van der Waals surface area contributed by atoms with Crippen molar-refractivity contribution in [3.63, 3.8) is 0 Å². The summed E-state index contributed by atoms with van der Waals surface area (Å²) in [6, 6.07) is 15.1. The number of amides is 1. The van der Waals surface area contributed by atoms with E-state index in [2.05, 4.69) is 22.1 Å². The summed E-state index contributed by atoms with van der Waals surface area (Å²) in [5.41, 5.74) is 1.95. The first-order valence-electron chi connectivity index (χ1n) is 10.2. The number of ether oxygens (including phenoxy) is 1. The van der Waals surface area contributed by atoms with Crippen molar-refractivity contribution < 1.29 is 9.53 Å². The smallest absolute Gasteiger partial charge is 0.262 e. The molecule has 1 unspecified atom stereocenters. The molecule has 1 heterocycles. The summed E-state index contributed by atoms with van der Waals surface area (Å²) >= 11 is 5.35. The van der Waals surface area contributed by atoms with E-state index < -0.39 is 0 Å². The number of carbonyl (C=O) groups is 1. The quantitative estimate of drug-likeness (QED) is 0.394. The standard InChI is InChI=1S/C23H28N4O3S/c1-16(26(2)18-8-5-4-6-9-18)15-24-21(28)17-10-11-19-20(14-17)25-23(31)27(22(19)29)12-7-13-30-3/h4-6,8-11,14,16H,7,12-13,15H2,1-3H3,(H,24,28)(H,25,31). The molecule has 0 fully saturated rings. The SMILES string of the molecule is COCCCn1c(=S)[nH]c2cc(C(=O)NCC(C)N(C)c3ccccc3)ccc2c1=O. The summed E-state index contributed by atoms with van der Waals surface area (Å²) in [7, 11) is 3.62. The van der Waals surface area contributed by atoms with Gasteiger partial charge < -0.3 is 19.9 Å². The van der Waals surface area contributed by atoms with Crippen LogP contribution in [0.4, 0.5) is 5.69 Å². The Kier molecular flexibility index (Phi) is 7.59. The van der Waals surface area contributed by atoms with Crippen molar-refractivity contribution in [1.82, 2.24) is 14.9 Å². The van der Waals surface area contributed by atoms with Gasteiger partial charge >= 0.3 is 0 Å². The van der Waals surface area contributed by atoms with Crippen LogP contribution in [-0.2, 0) is 11.3 Å². The summed E-state index contributed by atoms with van der Waals surface area (Å²) < 4.78 is 6.91. The Bertz CT molecular complexity index is 1160. The Morgan fingerprint density at radius 3 is 2.71 bits per heavy atom. The molecule has 1 amide bonds. The van der Waals surface area contributed by atoms with Crippen LogP contribution in [0.15, 0.2) is 53.3 Å². The van der Waals surface area contributed by atoms with E-state index in [4.69, 9.17) is 17.0 Å². The lowest BCUT2D eigenvalue weighted by atomic mass is 10.1. The minimum atomic E-state index is -0.196. The number of anilines is 1. The van der Waals surface area contributed by atoms with Crippen molar-refractivity contribution in [2.24, 2.45) is 0 Å². The van der Waals surface area contributed by atoms with Gasteiger partial charge in [0.2, 0.25) is 0 Å². The van der Waals surface area contributed by atoms with E-state index in [1.54, 1.807) is 25.3 Å². The highest BCUT2D eigenvalue weighted by Crippen LogP contribution is 2.14. The van der Waals surface area contributed by atoms with Crippen LogP contribution < -0.4 is 15.8 Å². The molecule has 0 aliphatic heterocycles. The third kappa shape index (κ3) is 5.39. The number of hydrogen-bond donors (Lipinski definition) is 2. The number of hydrogen-bond acceptors (Lipinski definition) is 5. The van der Waals surface area contributed by atoms with Crippen LogP contribution in [0.2, 0.25) is 0 Å². The van der Waals surface area contributed by atoms with Gasteiger partial charge in [0.25, 0.3) is 11.5 Å². The number of nitrogens with zero attached hydrogens (tertiary/aromatic N) is 2. The molecule has 1 aromatic heterocycles. The average Bonchev–Trinajstić information content (AvgIpc) is 2.79. The molecular formula is C23H28N4O3S. The number of H-pyrrole nitrogens is 1. The molecule has 0 saturated heterocycles. The normalized spacial score (nSPS) is 12.0. The van der Waals surface area contributed by atoms with Gasteiger partial charge in [-0.1, -0.05) is 18.2 Å². The zero-order chi connectivity index (χ0) is 22.4. The second-order valence-corrected chi connectivity index (χ2v) is 7.89. The summed E-state index contributed by atoms with van der Waals surface area (Å²) in [4.78, 5) is 30.7. The predicted molar refractivity (Wildman–Crippen MR) is 127 cm³/mol. The first-order valence-corrected chi connectivity index (χ1v) is 10.6. The van der Waals surface area contributed by atoms with E-state index in [9.17, 15) is 9.59 Å². The highest BCUT2D eigenvalue weighted by atomic mass is 32.1. The molecule has 0 saturated carbocycles. The molecule has 1 atom stereocenters. The number of aromatic nitrogens is 2. The van der Waals surface area contributed by atoms with E-state index in [1.807, 2.05) is 37.4 Å². The predicted octanol–water partition coefficient (Wildman–Crippen LogP) is 3.35. The van der Waals surface area contributed by atoms with Crippen LogP contribution in [0.5, 0.6) is 0 Å². The molecule has 3 rings (SSSR count). The van der Waals surface area contributed by atoms with E-state index in [0.29, 0.717) is 47.4 Å². The highest BCUT2D eigenvalue weighted by molar-refractivity contribution is 7.71. The van der Waals surface area contributed by atoms with Gasteiger partial charge in [-0.15, -0.1) is 0 Å². The first kappa shape index (κ1) is 22.7. The lowest BCUT2D eigenvalue weighted by Gasteiger charge is -2.27. The fraction of sp³-hybridized carbons (Fsp3) is 0.348. The summed E-state index contributed by atoms with van der Waals surface area (Å²) in [6.07, 6.45) is 0.690. The first-order chi connectivity index (χ1) is 14.9. The fourth-order valence-corrected chi connectivity index (χ4v) is 3.65. The molecule has 0 spiro atoms. The van der Waals surface area contributed by atoms with Gasteiger partial charge in [-0.05, 0) is 55.9 Å². The zero-order valence-corrected chi connectivity index (χ0v) is 18.9.